The van der Waals surface area contributed by atoms with E-state index in [0.717, 1.165) is 18.5 Å². The maximum Gasteiger partial charge on any atom is 0.322 e. The van der Waals surface area contributed by atoms with Gasteiger partial charge < -0.3 is 19.9 Å². The van der Waals surface area contributed by atoms with Gasteiger partial charge in [-0.05, 0) is 57.2 Å². The van der Waals surface area contributed by atoms with Crippen LogP contribution >= 0.6 is 11.3 Å². The highest BCUT2D eigenvalue weighted by Crippen LogP contribution is 2.22. The molecule has 3 rings (SSSR count). The van der Waals surface area contributed by atoms with Crippen molar-refractivity contribution in [1.29, 1.82) is 0 Å². The summed E-state index contributed by atoms with van der Waals surface area (Å²) in [6, 6.07) is 7.59. The van der Waals surface area contributed by atoms with Crippen LogP contribution in [0.1, 0.15) is 74.4 Å². The zero-order valence-electron chi connectivity index (χ0n) is 21.2. The third-order valence-electron chi connectivity index (χ3n) is 6.12. The summed E-state index contributed by atoms with van der Waals surface area (Å²) in [6.07, 6.45) is 1.48. The number of benzene rings is 1. The van der Waals surface area contributed by atoms with Crippen molar-refractivity contribution < 1.29 is 19.1 Å². The summed E-state index contributed by atoms with van der Waals surface area (Å²) < 4.78 is 5.13. The van der Waals surface area contributed by atoms with Gasteiger partial charge in [0.15, 0.2) is 0 Å². The average molecular weight is 501 g/mol. The number of hydrogen-bond donors (Lipinski definition) is 1. The molecule has 1 atom stereocenters. The molecule has 1 N–H and O–H groups in total. The van der Waals surface area contributed by atoms with E-state index in [4.69, 9.17) is 4.74 Å². The molecule has 1 aromatic heterocycles. The Morgan fingerprint density at radius 1 is 1.20 bits per heavy atom. The van der Waals surface area contributed by atoms with Crippen LogP contribution in [0, 0.1) is 5.92 Å². The number of hydrogen-bond acceptors (Lipinski definition) is 6. The van der Waals surface area contributed by atoms with Gasteiger partial charge in [-0.15, -0.1) is 11.3 Å². The maximum absolute atomic E-state index is 13.0. The average Bonchev–Trinajstić information content (AvgIpc) is 3.31. The lowest BCUT2D eigenvalue weighted by atomic mass is 9.98. The first-order chi connectivity index (χ1) is 16.7. The Kier molecular flexibility index (Phi) is 9.26. The number of likely N-dealkylation sites (tertiary alicyclic amines) is 1. The zero-order chi connectivity index (χ0) is 25.5. The molecule has 0 spiro atoms. The standard InChI is InChI=1S/C26H36N4O4S/c1-6-34-25(32)20-8-7-13-29(14-20)24(31)22-16-35-23(28-22)15-30(18(4)5)26(33)27-21-11-9-19(10-12-21)17(2)3/h9-12,16-18,20H,6-8,13-15H2,1-5H3,(H,27,33). The van der Waals surface area contributed by atoms with Crippen LogP contribution in [0.15, 0.2) is 29.6 Å². The first kappa shape index (κ1) is 26.7. The highest BCUT2D eigenvalue weighted by molar-refractivity contribution is 7.09. The van der Waals surface area contributed by atoms with Gasteiger partial charge >= 0.3 is 12.0 Å². The van der Waals surface area contributed by atoms with Crippen molar-refractivity contribution in [2.75, 3.05) is 25.0 Å². The van der Waals surface area contributed by atoms with E-state index in [-0.39, 0.29) is 29.9 Å². The molecular weight excluding hydrogens is 464 g/mol. The van der Waals surface area contributed by atoms with Crippen molar-refractivity contribution in [3.05, 3.63) is 45.9 Å². The number of nitrogens with zero attached hydrogens (tertiary/aromatic N) is 3. The zero-order valence-corrected chi connectivity index (χ0v) is 22.1. The molecule has 2 aromatic rings. The van der Waals surface area contributed by atoms with E-state index in [2.05, 4.69) is 24.1 Å². The number of amides is 3. The van der Waals surface area contributed by atoms with Gasteiger partial charge in [0.2, 0.25) is 0 Å². The number of carbonyl (C=O) groups is 3. The van der Waals surface area contributed by atoms with Gasteiger partial charge in [0.05, 0.1) is 19.1 Å². The van der Waals surface area contributed by atoms with E-state index in [1.807, 2.05) is 38.1 Å². The molecule has 1 aliphatic rings. The first-order valence-electron chi connectivity index (χ1n) is 12.3. The molecule has 1 aromatic carbocycles. The molecule has 35 heavy (non-hydrogen) atoms. The van der Waals surface area contributed by atoms with Gasteiger partial charge in [-0.25, -0.2) is 9.78 Å². The smallest absolute Gasteiger partial charge is 0.322 e. The molecule has 0 saturated carbocycles. The predicted molar refractivity (Wildman–Crippen MR) is 138 cm³/mol. The van der Waals surface area contributed by atoms with Crippen LogP contribution in [0.2, 0.25) is 0 Å². The van der Waals surface area contributed by atoms with Gasteiger partial charge in [0.1, 0.15) is 10.7 Å². The Labute approximate surface area is 211 Å². The van der Waals surface area contributed by atoms with Crippen molar-refractivity contribution in [3.8, 4) is 0 Å². The van der Waals surface area contributed by atoms with E-state index in [0.29, 0.717) is 42.9 Å². The fourth-order valence-corrected chi connectivity index (χ4v) is 4.80. The number of urea groups is 1. The largest absolute Gasteiger partial charge is 0.466 e. The highest BCUT2D eigenvalue weighted by Gasteiger charge is 2.31. The van der Waals surface area contributed by atoms with Crippen LogP contribution < -0.4 is 5.32 Å². The van der Waals surface area contributed by atoms with Crippen molar-refractivity contribution >= 4 is 34.9 Å². The molecule has 3 amide bonds. The Balaban J connectivity index is 1.63. The van der Waals surface area contributed by atoms with Crippen molar-refractivity contribution in [2.45, 2.75) is 66.0 Å². The molecule has 1 saturated heterocycles. The maximum atomic E-state index is 13.0. The Morgan fingerprint density at radius 3 is 2.54 bits per heavy atom. The number of esters is 1. The third kappa shape index (κ3) is 7.04. The summed E-state index contributed by atoms with van der Waals surface area (Å²) >= 11 is 1.36. The monoisotopic (exact) mass is 500 g/mol. The normalized spacial score (nSPS) is 15.9. The van der Waals surface area contributed by atoms with Crippen LogP contribution in [0.5, 0.6) is 0 Å². The van der Waals surface area contributed by atoms with E-state index >= 15 is 0 Å². The fraction of sp³-hybridized carbons (Fsp3) is 0.538. The number of carbonyl (C=O) groups excluding carboxylic acids is 3. The van der Waals surface area contributed by atoms with Crippen LogP contribution in [0.25, 0.3) is 0 Å². The molecule has 190 valence electrons. The quantitative estimate of drug-likeness (QED) is 0.508. The fourth-order valence-electron chi connectivity index (χ4n) is 4.04. The number of piperidine rings is 1. The van der Waals surface area contributed by atoms with Gasteiger partial charge in [-0.3, -0.25) is 9.59 Å². The second-order valence-corrected chi connectivity index (χ2v) is 10.3. The molecule has 1 aliphatic heterocycles. The summed E-state index contributed by atoms with van der Waals surface area (Å²) in [6.45, 7) is 11.5. The molecule has 0 bridgehead atoms. The van der Waals surface area contributed by atoms with Crippen LogP contribution in [0.4, 0.5) is 10.5 Å². The molecule has 0 radical (unpaired) electrons. The number of thiazole rings is 1. The molecule has 1 fully saturated rings. The van der Waals surface area contributed by atoms with Gasteiger partial charge in [0, 0.05) is 30.2 Å². The van der Waals surface area contributed by atoms with Gasteiger partial charge in [-0.2, -0.15) is 0 Å². The summed E-state index contributed by atoms with van der Waals surface area (Å²) in [7, 11) is 0. The van der Waals surface area contributed by atoms with Crippen LogP contribution in [-0.4, -0.2) is 58.4 Å². The molecule has 9 heteroatoms. The summed E-state index contributed by atoms with van der Waals surface area (Å²) in [5.41, 5.74) is 2.30. The van der Waals surface area contributed by atoms with Crippen molar-refractivity contribution in [2.24, 2.45) is 5.92 Å². The lowest BCUT2D eigenvalue weighted by Crippen LogP contribution is -2.43. The highest BCUT2D eigenvalue weighted by atomic mass is 32.1. The lowest BCUT2D eigenvalue weighted by Gasteiger charge is -2.31. The van der Waals surface area contributed by atoms with E-state index in [1.54, 1.807) is 22.1 Å². The van der Waals surface area contributed by atoms with Crippen molar-refractivity contribution in [3.63, 3.8) is 0 Å². The van der Waals surface area contributed by atoms with E-state index < -0.39 is 0 Å². The number of anilines is 1. The molecule has 0 aliphatic carbocycles. The topological polar surface area (TPSA) is 91.8 Å². The van der Waals surface area contributed by atoms with Gasteiger partial charge in [-0.1, -0.05) is 26.0 Å². The third-order valence-corrected chi connectivity index (χ3v) is 6.95. The Bertz CT molecular complexity index is 1020. The number of nitrogens with one attached hydrogen (secondary N) is 1. The molecule has 2 heterocycles. The first-order valence-corrected chi connectivity index (χ1v) is 13.1. The van der Waals surface area contributed by atoms with Gasteiger partial charge in [0.25, 0.3) is 5.91 Å². The molecule has 1 unspecified atom stereocenters. The summed E-state index contributed by atoms with van der Waals surface area (Å²) in [5, 5.41) is 5.38. The predicted octanol–water partition coefficient (Wildman–Crippen LogP) is 5.12. The number of aromatic nitrogens is 1. The summed E-state index contributed by atoms with van der Waals surface area (Å²) in [5.74, 6) is -0.302. The van der Waals surface area contributed by atoms with Crippen LogP contribution in [0.3, 0.4) is 0 Å². The number of ether oxygens (including phenoxy) is 1. The minimum absolute atomic E-state index is 0.0552. The molecular formula is C26H36N4O4S. The van der Waals surface area contributed by atoms with E-state index in [9.17, 15) is 14.4 Å². The SMILES string of the molecule is CCOC(=O)C1CCCN(C(=O)c2csc(CN(C(=O)Nc3ccc(C(C)C)cc3)C(C)C)n2)C1. The number of rotatable bonds is 8. The van der Waals surface area contributed by atoms with E-state index in [1.165, 1.54) is 16.9 Å². The lowest BCUT2D eigenvalue weighted by molar-refractivity contribution is -0.149. The molecule has 8 nitrogen and oxygen atoms in total. The van der Waals surface area contributed by atoms with Crippen molar-refractivity contribution in [1.82, 2.24) is 14.8 Å². The minimum atomic E-state index is -0.291. The minimum Gasteiger partial charge on any atom is -0.466 e. The Morgan fingerprint density at radius 2 is 1.91 bits per heavy atom. The Hall–Kier alpha value is -2.94. The second-order valence-electron chi connectivity index (χ2n) is 9.40. The summed E-state index contributed by atoms with van der Waals surface area (Å²) in [4.78, 5) is 46.0. The van der Waals surface area contributed by atoms with Crippen LogP contribution in [-0.2, 0) is 16.1 Å². The second kappa shape index (κ2) is 12.2.